The lowest BCUT2D eigenvalue weighted by Gasteiger charge is -2.06. The van der Waals surface area contributed by atoms with E-state index in [0.717, 1.165) is 30.8 Å². The molecule has 0 bridgehead atoms. The van der Waals surface area contributed by atoms with Gasteiger partial charge in [-0.05, 0) is 12.8 Å². The highest BCUT2D eigenvalue weighted by atomic mass is 16.5. The van der Waals surface area contributed by atoms with E-state index >= 15 is 0 Å². The molecule has 0 radical (unpaired) electrons. The van der Waals surface area contributed by atoms with Crippen molar-refractivity contribution in [1.82, 2.24) is 19.6 Å². The molecule has 0 N–H and O–H groups in total. The minimum atomic E-state index is 0.0711. The van der Waals surface area contributed by atoms with Crippen LogP contribution in [0.1, 0.15) is 24.8 Å². The summed E-state index contributed by atoms with van der Waals surface area (Å²) in [4.78, 5) is 8.25. The van der Waals surface area contributed by atoms with Gasteiger partial charge in [0.05, 0.1) is 12.4 Å². The van der Waals surface area contributed by atoms with Crippen LogP contribution in [0.25, 0.3) is 5.52 Å². The Morgan fingerprint density at radius 3 is 3.29 bits per heavy atom. The van der Waals surface area contributed by atoms with E-state index in [2.05, 4.69) is 15.1 Å². The van der Waals surface area contributed by atoms with Gasteiger partial charge in [0.15, 0.2) is 5.82 Å². The third-order valence-electron chi connectivity index (χ3n) is 2.40. The fraction of sp³-hybridized carbons (Fsp3) is 0.444. The van der Waals surface area contributed by atoms with Crippen LogP contribution < -0.4 is 0 Å². The summed E-state index contributed by atoms with van der Waals surface area (Å²) in [6, 6.07) is 0. The van der Waals surface area contributed by atoms with Crippen molar-refractivity contribution in [3.05, 3.63) is 24.5 Å². The molecule has 1 aliphatic heterocycles. The molecule has 0 unspecified atom stereocenters. The number of aromatic nitrogens is 4. The minimum Gasteiger partial charge on any atom is -0.370 e. The third-order valence-corrected chi connectivity index (χ3v) is 2.40. The molecular formula is C9H10N4O. The quantitative estimate of drug-likeness (QED) is 0.672. The first-order valence-corrected chi connectivity index (χ1v) is 4.70. The lowest BCUT2D eigenvalue weighted by atomic mass is 10.2. The summed E-state index contributed by atoms with van der Waals surface area (Å²) in [6.45, 7) is 0.815. The molecule has 1 saturated heterocycles. The van der Waals surface area contributed by atoms with Gasteiger partial charge in [-0.15, -0.1) is 5.10 Å². The van der Waals surface area contributed by atoms with E-state index < -0.39 is 0 Å². The summed E-state index contributed by atoms with van der Waals surface area (Å²) >= 11 is 0. The smallest absolute Gasteiger partial charge is 0.178 e. The maximum atomic E-state index is 5.51. The number of ether oxygens (including phenoxy) is 1. The standard InChI is InChI=1S/C9H10N4O/c1-2-8(14-3-1)9-11-5-7-4-10-6-13(7)12-9/h4-6,8H,1-3H2/t8-/m1/s1. The normalized spacial score (nSPS) is 21.9. The van der Waals surface area contributed by atoms with E-state index in [-0.39, 0.29) is 6.10 Å². The molecule has 5 heteroatoms. The molecule has 0 saturated carbocycles. The van der Waals surface area contributed by atoms with Crippen molar-refractivity contribution >= 4 is 5.52 Å². The first kappa shape index (κ1) is 7.87. The van der Waals surface area contributed by atoms with Crippen LogP contribution in [0.4, 0.5) is 0 Å². The SMILES string of the molecule is c1ncn2nc([C@H]3CCCO3)ncc12. The van der Waals surface area contributed by atoms with Crippen molar-refractivity contribution in [3.63, 3.8) is 0 Å². The van der Waals surface area contributed by atoms with Gasteiger partial charge in [0.2, 0.25) is 0 Å². The van der Waals surface area contributed by atoms with Crippen LogP contribution in [-0.4, -0.2) is 26.2 Å². The van der Waals surface area contributed by atoms with E-state index in [1.807, 2.05) is 0 Å². The summed E-state index contributed by atoms with van der Waals surface area (Å²) in [7, 11) is 0. The largest absolute Gasteiger partial charge is 0.370 e. The molecule has 0 spiro atoms. The molecular weight excluding hydrogens is 180 g/mol. The molecule has 5 nitrogen and oxygen atoms in total. The van der Waals surface area contributed by atoms with Crippen LogP contribution in [0, 0.1) is 0 Å². The first-order valence-electron chi connectivity index (χ1n) is 4.70. The first-order chi connectivity index (χ1) is 6.93. The second kappa shape index (κ2) is 3.02. The van der Waals surface area contributed by atoms with Crippen LogP contribution in [0.15, 0.2) is 18.7 Å². The second-order valence-corrected chi connectivity index (χ2v) is 3.38. The lowest BCUT2D eigenvalue weighted by Crippen LogP contribution is -2.05. The molecule has 0 amide bonds. The molecule has 1 atom stereocenters. The number of hydrogen-bond acceptors (Lipinski definition) is 4. The van der Waals surface area contributed by atoms with Crippen molar-refractivity contribution in [2.45, 2.75) is 18.9 Å². The summed E-state index contributed by atoms with van der Waals surface area (Å²) in [5, 5.41) is 4.34. The lowest BCUT2D eigenvalue weighted by molar-refractivity contribution is 0.104. The van der Waals surface area contributed by atoms with Crippen LogP contribution >= 0.6 is 0 Å². The van der Waals surface area contributed by atoms with E-state index in [0.29, 0.717) is 0 Å². The number of nitrogens with zero attached hydrogens (tertiary/aromatic N) is 4. The summed E-state index contributed by atoms with van der Waals surface area (Å²) in [5.41, 5.74) is 0.909. The molecule has 1 fully saturated rings. The van der Waals surface area contributed by atoms with Crippen LogP contribution in [0.3, 0.4) is 0 Å². The number of hydrogen-bond donors (Lipinski definition) is 0. The molecule has 2 aromatic rings. The molecule has 0 aliphatic carbocycles. The topological polar surface area (TPSA) is 52.3 Å². The minimum absolute atomic E-state index is 0.0711. The van der Waals surface area contributed by atoms with Crippen molar-refractivity contribution in [1.29, 1.82) is 0 Å². The molecule has 14 heavy (non-hydrogen) atoms. The van der Waals surface area contributed by atoms with E-state index in [1.165, 1.54) is 0 Å². The second-order valence-electron chi connectivity index (χ2n) is 3.38. The molecule has 1 aliphatic rings. The van der Waals surface area contributed by atoms with Crippen molar-refractivity contribution in [2.75, 3.05) is 6.61 Å². The Hall–Kier alpha value is -1.49. The van der Waals surface area contributed by atoms with Crippen LogP contribution in [0.2, 0.25) is 0 Å². The van der Waals surface area contributed by atoms with Crippen molar-refractivity contribution in [3.8, 4) is 0 Å². The zero-order chi connectivity index (χ0) is 9.38. The molecule has 2 aromatic heterocycles. The van der Waals surface area contributed by atoms with E-state index in [4.69, 9.17) is 4.74 Å². The molecule has 0 aromatic carbocycles. The van der Waals surface area contributed by atoms with Gasteiger partial charge in [0, 0.05) is 6.61 Å². The molecule has 72 valence electrons. The Kier molecular flexibility index (Phi) is 1.70. The zero-order valence-corrected chi connectivity index (χ0v) is 7.63. The van der Waals surface area contributed by atoms with Gasteiger partial charge in [-0.2, -0.15) is 0 Å². The van der Waals surface area contributed by atoms with Gasteiger partial charge >= 0.3 is 0 Å². The number of imidazole rings is 1. The highest BCUT2D eigenvalue weighted by molar-refractivity contribution is 5.39. The van der Waals surface area contributed by atoms with Gasteiger partial charge < -0.3 is 4.74 Å². The van der Waals surface area contributed by atoms with Crippen molar-refractivity contribution < 1.29 is 4.74 Å². The fourth-order valence-corrected chi connectivity index (χ4v) is 1.67. The Labute approximate surface area is 80.7 Å². The average molecular weight is 190 g/mol. The van der Waals surface area contributed by atoms with Crippen LogP contribution in [-0.2, 0) is 4.74 Å². The average Bonchev–Trinajstić information content (AvgIpc) is 2.88. The molecule has 3 heterocycles. The van der Waals surface area contributed by atoms with Gasteiger partial charge in [-0.25, -0.2) is 14.5 Å². The van der Waals surface area contributed by atoms with Crippen molar-refractivity contribution in [2.24, 2.45) is 0 Å². The number of rotatable bonds is 1. The summed E-state index contributed by atoms with van der Waals surface area (Å²) < 4.78 is 7.23. The Morgan fingerprint density at radius 2 is 2.43 bits per heavy atom. The summed E-state index contributed by atoms with van der Waals surface area (Å²) in [5.74, 6) is 0.757. The van der Waals surface area contributed by atoms with E-state index in [9.17, 15) is 0 Å². The highest BCUT2D eigenvalue weighted by Crippen LogP contribution is 2.25. The fourth-order valence-electron chi connectivity index (χ4n) is 1.67. The van der Waals surface area contributed by atoms with Gasteiger partial charge in [-0.3, -0.25) is 0 Å². The Balaban J connectivity index is 2.04. The number of fused-ring (bicyclic) bond motifs is 1. The predicted octanol–water partition coefficient (Wildman–Crippen LogP) is 0.976. The highest BCUT2D eigenvalue weighted by Gasteiger charge is 2.20. The van der Waals surface area contributed by atoms with Gasteiger partial charge in [-0.1, -0.05) is 0 Å². The monoisotopic (exact) mass is 190 g/mol. The Morgan fingerprint density at radius 1 is 1.43 bits per heavy atom. The Bertz CT molecular complexity index is 447. The maximum absolute atomic E-state index is 5.51. The third kappa shape index (κ3) is 1.17. The predicted molar refractivity (Wildman–Crippen MR) is 48.7 cm³/mol. The molecule has 3 rings (SSSR count). The van der Waals surface area contributed by atoms with E-state index in [1.54, 1.807) is 23.2 Å². The maximum Gasteiger partial charge on any atom is 0.178 e. The van der Waals surface area contributed by atoms with Gasteiger partial charge in [0.1, 0.15) is 17.9 Å². The zero-order valence-electron chi connectivity index (χ0n) is 7.63. The summed E-state index contributed by atoms with van der Waals surface area (Å²) in [6.07, 6.45) is 7.36. The van der Waals surface area contributed by atoms with Gasteiger partial charge in [0.25, 0.3) is 0 Å². The van der Waals surface area contributed by atoms with Crippen LogP contribution in [0.5, 0.6) is 0 Å².